The summed E-state index contributed by atoms with van der Waals surface area (Å²) in [6.45, 7) is 0. The number of carbonyl (C=O) groups is 1. The van der Waals surface area contributed by atoms with E-state index in [0.29, 0.717) is 20.6 Å². The number of carbonyl (C=O) groups excluding carboxylic acids is 1. The van der Waals surface area contributed by atoms with Crippen LogP contribution in [-0.2, 0) is 15.0 Å². The number of hydrogen-bond acceptors (Lipinski definition) is 4. The van der Waals surface area contributed by atoms with Crippen molar-refractivity contribution in [3.05, 3.63) is 62.4 Å². The first-order valence-electron chi connectivity index (χ1n) is 6.88. The highest BCUT2D eigenvalue weighted by Gasteiger charge is 2.30. The number of thiophene rings is 1. The molecule has 1 N–H and O–H groups in total. The Morgan fingerprint density at radius 1 is 1.24 bits per heavy atom. The molecule has 1 aliphatic rings. The Hall–Kier alpha value is -1.87. The van der Waals surface area contributed by atoms with Crippen LogP contribution in [0.15, 0.2) is 51.9 Å². The quantitative estimate of drug-likeness (QED) is 0.831. The second-order valence-electron chi connectivity index (χ2n) is 5.04. The minimum atomic E-state index is -3.99. The van der Waals surface area contributed by atoms with Crippen molar-refractivity contribution < 1.29 is 13.2 Å². The average molecular weight is 416 g/mol. The van der Waals surface area contributed by atoms with Crippen LogP contribution >= 0.6 is 34.5 Å². The van der Waals surface area contributed by atoms with Gasteiger partial charge in [-0.3, -0.25) is 4.79 Å². The van der Waals surface area contributed by atoms with Crippen LogP contribution in [-0.4, -0.2) is 31.4 Å². The topological polar surface area (TPSA) is 78.8 Å². The summed E-state index contributed by atoms with van der Waals surface area (Å²) in [5.41, 5.74) is 0.506. The van der Waals surface area contributed by atoms with Crippen molar-refractivity contribution in [3.8, 4) is 0 Å². The number of halogens is 2. The summed E-state index contributed by atoms with van der Waals surface area (Å²) in [6, 6.07) is 8.05. The molecule has 0 radical (unpaired) electrons. The molecule has 10 heteroatoms. The van der Waals surface area contributed by atoms with Crippen molar-refractivity contribution >= 4 is 62.1 Å². The smallest absolute Gasteiger partial charge is 0.321 e. The maximum atomic E-state index is 12.6. The summed E-state index contributed by atoms with van der Waals surface area (Å²) < 4.78 is 29.0. The molecule has 0 bridgehead atoms. The molecule has 130 valence electrons. The first kappa shape index (κ1) is 17.9. The number of benzene rings is 1. The number of allylic oxidation sites excluding steroid dienone is 1. The van der Waals surface area contributed by atoms with Gasteiger partial charge in [-0.1, -0.05) is 29.3 Å². The molecule has 25 heavy (non-hydrogen) atoms. The Bertz CT molecular complexity index is 979. The van der Waals surface area contributed by atoms with Gasteiger partial charge < -0.3 is 5.32 Å². The SMILES string of the molecule is CN1C(C(=O)Nc2cc(Cl)cc(Cl)c2)=CC(c2cccs2)=NS1(=O)=O. The van der Waals surface area contributed by atoms with E-state index >= 15 is 0 Å². The molecule has 0 saturated carbocycles. The molecular weight excluding hydrogens is 405 g/mol. The molecule has 0 atom stereocenters. The lowest BCUT2D eigenvalue weighted by Gasteiger charge is -2.23. The van der Waals surface area contributed by atoms with E-state index < -0.39 is 16.1 Å². The molecule has 1 aromatic carbocycles. The summed E-state index contributed by atoms with van der Waals surface area (Å²) in [5, 5.41) is 5.09. The van der Waals surface area contributed by atoms with E-state index in [9.17, 15) is 13.2 Å². The van der Waals surface area contributed by atoms with E-state index in [1.54, 1.807) is 17.5 Å². The van der Waals surface area contributed by atoms with Crippen LogP contribution in [0.3, 0.4) is 0 Å². The highest BCUT2D eigenvalue weighted by molar-refractivity contribution is 7.88. The van der Waals surface area contributed by atoms with Gasteiger partial charge in [0.25, 0.3) is 5.91 Å². The minimum Gasteiger partial charge on any atom is -0.321 e. The Labute approximate surface area is 158 Å². The maximum absolute atomic E-state index is 12.6. The van der Waals surface area contributed by atoms with E-state index in [4.69, 9.17) is 23.2 Å². The zero-order valence-corrected chi connectivity index (χ0v) is 15.9. The van der Waals surface area contributed by atoms with Crippen LogP contribution < -0.4 is 5.32 Å². The van der Waals surface area contributed by atoms with Crippen LogP contribution in [0.4, 0.5) is 5.69 Å². The van der Waals surface area contributed by atoms with Crippen molar-refractivity contribution in [1.29, 1.82) is 0 Å². The van der Waals surface area contributed by atoms with Gasteiger partial charge in [0, 0.05) is 22.8 Å². The maximum Gasteiger partial charge on any atom is 0.345 e. The molecule has 0 unspecified atom stereocenters. The van der Waals surface area contributed by atoms with Gasteiger partial charge in [0.15, 0.2) is 0 Å². The predicted molar refractivity (Wildman–Crippen MR) is 101 cm³/mol. The van der Waals surface area contributed by atoms with Gasteiger partial charge in [0.2, 0.25) is 0 Å². The number of rotatable bonds is 3. The first-order chi connectivity index (χ1) is 11.8. The highest BCUT2D eigenvalue weighted by Crippen LogP contribution is 2.25. The molecule has 0 spiro atoms. The Balaban J connectivity index is 1.96. The average Bonchev–Trinajstić information content (AvgIpc) is 3.02. The second kappa shape index (κ2) is 6.80. The summed E-state index contributed by atoms with van der Waals surface area (Å²) >= 11 is 13.1. The molecule has 3 rings (SSSR count). The van der Waals surface area contributed by atoms with Gasteiger partial charge >= 0.3 is 10.2 Å². The molecule has 2 heterocycles. The third-order valence-corrected chi connectivity index (χ3v) is 5.94. The van der Waals surface area contributed by atoms with Crippen LogP contribution in [0.2, 0.25) is 10.0 Å². The fourth-order valence-electron chi connectivity index (χ4n) is 2.13. The number of nitrogens with one attached hydrogen (secondary N) is 1. The van der Waals surface area contributed by atoms with Gasteiger partial charge in [-0.2, -0.15) is 8.42 Å². The molecule has 1 aromatic heterocycles. The molecule has 0 saturated heterocycles. The van der Waals surface area contributed by atoms with E-state index in [1.165, 1.54) is 42.7 Å². The summed E-state index contributed by atoms with van der Waals surface area (Å²) in [5.74, 6) is -0.617. The summed E-state index contributed by atoms with van der Waals surface area (Å²) in [4.78, 5) is 13.2. The number of anilines is 1. The highest BCUT2D eigenvalue weighted by atomic mass is 35.5. The van der Waals surface area contributed by atoms with E-state index in [-0.39, 0.29) is 11.4 Å². The molecule has 1 aliphatic heterocycles. The van der Waals surface area contributed by atoms with Crippen LogP contribution in [0.25, 0.3) is 0 Å². The fraction of sp³-hybridized carbons (Fsp3) is 0.0667. The lowest BCUT2D eigenvalue weighted by atomic mass is 10.2. The minimum absolute atomic E-state index is 0.0607. The number of hydrogen-bond donors (Lipinski definition) is 1. The van der Waals surface area contributed by atoms with Crippen molar-refractivity contribution in [2.24, 2.45) is 4.40 Å². The molecule has 2 aromatic rings. The zero-order chi connectivity index (χ0) is 18.2. The third kappa shape index (κ3) is 3.87. The normalized spacial score (nSPS) is 16.2. The lowest BCUT2D eigenvalue weighted by molar-refractivity contribution is -0.113. The van der Waals surface area contributed by atoms with E-state index in [2.05, 4.69) is 9.71 Å². The lowest BCUT2D eigenvalue weighted by Crippen LogP contribution is -2.35. The van der Waals surface area contributed by atoms with Gasteiger partial charge in [0.1, 0.15) is 5.70 Å². The Morgan fingerprint density at radius 2 is 1.92 bits per heavy atom. The number of likely N-dealkylation sites (N-methyl/N-ethyl adjacent to an activating group) is 1. The second-order valence-corrected chi connectivity index (χ2v) is 8.49. The van der Waals surface area contributed by atoms with Crippen molar-refractivity contribution in [2.45, 2.75) is 0 Å². The van der Waals surface area contributed by atoms with Crippen molar-refractivity contribution in [2.75, 3.05) is 12.4 Å². The molecule has 1 amide bonds. The van der Waals surface area contributed by atoms with Crippen LogP contribution in [0.5, 0.6) is 0 Å². The van der Waals surface area contributed by atoms with E-state index in [0.717, 1.165) is 4.31 Å². The standard InChI is InChI=1S/C15H11Cl2N3O3S2/c1-20-13(15(21)18-11-6-9(16)5-10(17)7-11)8-12(19-25(20,22)23)14-3-2-4-24-14/h2-8H,1H3,(H,18,21). The summed E-state index contributed by atoms with van der Waals surface area (Å²) in [6.07, 6.45) is 1.42. The van der Waals surface area contributed by atoms with Gasteiger partial charge in [-0.05, 0) is 35.7 Å². The fourth-order valence-corrected chi connectivity index (χ4v) is 4.30. The van der Waals surface area contributed by atoms with Crippen LogP contribution in [0, 0.1) is 0 Å². The summed E-state index contributed by atoms with van der Waals surface area (Å²) in [7, 11) is -2.73. The van der Waals surface area contributed by atoms with Crippen LogP contribution in [0.1, 0.15) is 4.88 Å². The predicted octanol–water partition coefficient (Wildman–Crippen LogP) is 3.56. The number of amides is 1. The zero-order valence-electron chi connectivity index (χ0n) is 12.7. The molecule has 6 nitrogen and oxygen atoms in total. The third-order valence-electron chi connectivity index (χ3n) is 3.30. The molecule has 0 aliphatic carbocycles. The van der Waals surface area contributed by atoms with Crippen molar-refractivity contribution in [1.82, 2.24) is 4.31 Å². The molecule has 0 fully saturated rings. The van der Waals surface area contributed by atoms with Gasteiger partial charge in [-0.25, -0.2) is 4.31 Å². The number of nitrogens with zero attached hydrogens (tertiary/aromatic N) is 2. The van der Waals surface area contributed by atoms with Crippen molar-refractivity contribution in [3.63, 3.8) is 0 Å². The monoisotopic (exact) mass is 415 g/mol. The van der Waals surface area contributed by atoms with Gasteiger partial charge in [-0.15, -0.1) is 15.7 Å². The Kier molecular flexibility index (Phi) is 4.88. The molecular formula is C15H11Cl2N3O3S2. The largest absolute Gasteiger partial charge is 0.345 e. The van der Waals surface area contributed by atoms with Gasteiger partial charge in [0.05, 0.1) is 10.6 Å². The van der Waals surface area contributed by atoms with E-state index in [1.807, 2.05) is 0 Å². The first-order valence-corrected chi connectivity index (χ1v) is 9.91. The Morgan fingerprint density at radius 3 is 2.52 bits per heavy atom.